The van der Waals surface area contributed by atoms with Crippen molar-refractivity contribution in [2.45, 2.75) is 13.5 Å². The van der Waals surface area contributed by atoms with Crippen LogP contribution in [0.1, 0.15) is 33.2 Å². The van der Waals surface area contributed by atoms with E-state index in [0.717, 1.165) is 11.3 Å². The summed E-state index contributed by atoms with van der Waals surface area (Å²) in [4.78, 5) is 23.4. The van der Waals surface area contributed by atoms with Gasteiger partial charge < -0.3 is 14.2 Å². The van der Waals surface area contributed by atoms with E-state index in [0.29, 0.717) is 17.9 Å². The van der Waals surface area contributed by atoms with Crippen LogP contribution in [0.2, 0.25) is 0 Å². The summed E-state index contributed by atoms with van der Waals surface area (Å²) in [7, 11) is 2.88. The number of carbonyl (C=O) groups excluding carboxylic acids is 2. The minimum absolute atomic E-state index is 0.201. The molecule has 0 saturated carbocycles. The largest absolute Gasteiger partial charge is 0.497 e. The maximum absolute atomic E-state index is 11.8. The Labute approximate surface area is 134 Å². The monoisotopic (exact) mass is 314 g/mol. The van der Waals surface area contributed by atoms with Crippen LogP contribution in [0.5, 0.6) is 11.5 Å². The number of methoxy groups -OCH3 is 2. The minimum atomic E-state index is -0.565. The lowest BCUT2D eigenvalue weighted by Crippen LogP contribution is -2.09. The lowest BCUT2D eigenvalue weighted by atomic mass is 10.0. The van der Waals surface area contributed by atoms with Gasteiger partial charge in [-0.2, -0.15) is 0 Å². The molecule has 0 aliphatic heterocycles. The molecule has 5 heteroatoms. The lowest BCUT2D eigenvalue weighted by molar-refractivity contribution is 0.0596. The second-order valence-corrected chi connectivity index (χ2v) is 4.89. The smallest absolute Gasteiger partial charge is 0.338 e. The van der Waals surface area contributed by atoms with Gasteiger partial charge in [0.2, 0.25) is 0 Å². The van der Waals surface area contributed by atoms with E-state index in [1.54, 1.807) is 19.2 Å². The summed E-state index contributed by atoms with van der Waals surface area (Å²) in [6.45, 7) is 1.74. The molecule has 0 radical (unpaired) electrons. The standard InChI is InChI=1S/C18H18O5/c1-12(19)16-9-8-15(10-17(16)18(20)22-3)23-11-13-4-6-14(21-2)7-5-13/h4-10H,11H2,1-3H3. The molecule has 0 aromatic heterocycles. The highest BCUT2D eigenvalue weighted by Crippen LogP contribution is 2.21. The van der Waals surface area contributed by atoms with Crippen molar-refractivity contribution in [3.05, 3.63) is 59.2 Å². The lowest BCUT2D eigenvalue weighted by Gasteiger charge is -2.10. The highest BCUT2D eigenvalue weighted by atomic mass is 16.5. The molecule has 0 aliphatic carbocycles. The summed E-state index contributed by atoms with van der Waals surface area (Å²) < 4.78 is 15.5. The zero-order valence-electron chi connectivity index (χ0n) is 13.3. The van der Waals surface area contributed by atoms with Gasteiger partial charge in [-0.15, -0.1) is 0 Å². The van der Waals surface area contributed by atoms with Crippen LogP contribution in [0.4, 0.5) is 0 Å². The molecule has 5 nitrogen and oxygen atoms in total. The van der Waals surface area contributed by atoms with Crippen LogP contribution in [-0.2, 0) is 11.3 Å². The van der Waals surface area contributed by atoms with Gasteiger partial charge in [0.15, 0.2) is 5.78 Å². The van der Waals surface area contributed by atoms with Gasteiger partial charge in [0, 0.05) is 5.56 Å². The van der Waals surface area contributed by atoms with Gasteiger partial charge in [-0.1, -0.05) is 12.1 Å². The molecule has 120 valence electrons. The Hall–Kier alpha value is -2.82. The fourth-order valence-corrected chi connectivity index (χ4v) is 2.09. The van der Waals surface area contributed by atoms with Crippen molar-refractivity contribution in [1.29, 1.82) is 0 Å². The fraction of sp³-hybridized carbons (Fsp3) is 0.222. The van der Waals surface area contributed by atoms with E-state index in [4.69, 9.17) is 14.2 Å². The van der Waals surface area contributed by atoms with Gasteiger partial charge in [-0.3, -0.25) is 4.79 Å². The summed E-state index contributed by atoms with van der Waals surface area (Å²) in [5, 5.41) is 0. The Kier molecular flexibility index (Phi) is 5.36. The van der Waals surface area contributed by atoms with Crippen molar-refractivity contribution in [3.63, 3.8) is 0 Å². The number of ketones is 1. The Bertz CT molecular complexity index is 704. The number of ether oxygens (including phenoxy) is 3. The topological polar surface area (TPSA) is 61.8 Å². The molecule has 0 bridgehead atoms. The first-order valence-corrected chi connectivity index (χ1v) is 7.04. The Balaban J connectivity index is 2.16. The van der Waals surface area contributed by atoms with Crippen molar-refractivity contribution in [2.24, 2.45) is 0 Å². The Morgan fingerprint density at radius 1 is 0.913 bits per heavy atom. The maximum Gasteiger partial charge on any atom is 0.338 e. The molecular weight excluding hydrogens is 296 g/mol. The van der Waals surface area contributed by atoms with Gasteiger partial charge in [0.1, 0.15) is 18.1 Å². The third-order valence-electron chi connectivity index (χ3n) is 3.34. The summed E-state index contributed by atoms with van der Waals surface area (Å²) in [6.07, 6.45) is 0. The van der Waals surface area contributed by atoms with E-state index >= 15 is 0 Å². The molecule has 0 N–H and O–H groups in total. The van der Waals surface area contributed by atoms with Crippen LogP contribution in [0.25, 0.3) is 0 Å². The number of carbonyl (C=O) groups is 2. The van der Waals surface area contributed by atoms with Gasteiger partial charge in [-0.05, 0) is 42.8 Å². The first-order chi connectivity index (χ1) is 11.0. The predicted molar refractivity (Wildman–Crippen MR) is 85.1 cm³/mol. The van der Waals surface area contributed by atoms with Crippen LogP contribution in [0.3, 0.4) is 0 Å². The molecule has 0 fully saturated rings. The van der Waals surface area contributed by atoms with Crippen LogP contribution >= 0.6 is 0 Å². The second-order valence-electron chi connectivity index (χ2n) is 4.89. The van der Waals surface area contributed by atoms with E-state index in [2.05, 4.69) is 0 Å². The number of esters is 1. The van der Waals surface area contributed by atoms with Crippen LogP contribution < -0.4 is 9.47 Å². The molecule has 0 amide bonds. The van der Waals surface area contributed by atoms with Crippen molar-refractivity contribution >= 4 is 11.8 Å². The molecule has 0 spiro atoms. The average molecular weight is 314 g/mol. The number of rotatable bonds is 6. The van der Waals surface area contributed by atoms with Crippen LogP contribution in [0.15, 0.2) is 42.5 Å². The number of hydrogen-bond acceptors (Lipinski definition) is 5. The zero-order chi connectivity index (χ0) is 16.8. The summed E-state index contributed by atoms with van der Waals surface area (Å²) in [5.74, 6) is 0.496. The highest BCUT2D eigenvalue weighted by Gasteiger charge is 2.16. The molecule has 2 rings (SSSR count). The van der Waals surface area contributed by atoms with Crippen LogP contribution in [0, 0.1) is 0 Å². The SMILES string of the molecule is COC(=O)c1cc(OCc2ccc(OC)cc2)ccc1C(C)=O. The van der Waals surface area contributed by atoms with Gasteiger partial charge >= 0.3 is 5.97 Å². The van der Waals surface area contributed by atoms with Crippen molar-refractivity contribution in [2.75, 3.05) is 14.2 Å². The molecular formula is C18H18O5. The highest BCUT2D eigenvalue weighted by molar-refractivity contribution is 6.05. The van der Waals surface area contributed by atoms with E-state index in [1.807, 2.05) is 24.3 Å². The van der Waals surface area contributed by atoms with E-state index < -0.39 is 5.97 Å². The van der Waals surface area contributed by atoms with Crippen molar-refractivity contribution in [1.82, 2.24) is 0 Å². The third-order valence-corrected chi connectivity index (χ3v) is 3.34. The molecule has 23 heavy (non-hydrogen) atoms. The van der Waals surface area contributed by atoms with Crippen molar-refractivity contribution in [3.8, 4) is 11.5 Å². The number of benzene rings is 2. The second kappa shape index (κ2) is 7.45. The summed E-state index contributed by atoms with van der Waals surface area (Å²) in [5.41, 5.74) is 1.47. The average Bonchev–Trinajstić information content (AvgIpc) is 2.59. The third kappa shape index (κ3) is 4.10. The number of Topliss-reactive ketones (excluding diaryl/α,β-unsaturated/α-hetero) is 1. The van der Waals surface area contributed by atoms with Crippen LogP contribution in [-0.4, -0.2) is 26.0 Å². The van der Waals surface area contributed by atoms with E-state index in [-0.39, 0.29) is 11.3 Å². The normalized spacial score (nSPS) is 10.0. The Morgan fingerprint density at radius 3 is 2.13 bits per heavy atom. The zero-order valence-corrected chi connectivity index (χ0v) is 13.3. The predicted octanol–water partition coefficient (Wildman–Crippen LogP) is 3.26. The first-order valence-electron chi connectivity index (χ1n) is 7.04. The van der Waals surface area contributed by atoms with E-state index in [9.17, 15) is 9.59 Å². The van der Waals surface area contributed by atoms with Gasteiger partial charge in [0.25, 0.3) is 0 Å². The first kappa shape index (κ1) is 16.5. The fourth-order valence-electron chi connectivity index (χ4n) is 2.09. The van der Waals surface area contributed by atoms with Crippen molar-refractivity contribution < 1.29 is 23.8 Å². The minimum Gasteiger partial charge on any atom is -0.497 e. The summed E-state index contributed by atoms with van der Waals surface area (Å²) in [6, 6.07) is 12.2. The molecule has 2 aromatic rings. The van der Waals surface area contributed by atoms with Gasteiger partial charge in [-0.25, -0.2) is 4.79 Å². The maximum atomic E-state index is 11.8. The Morgan fingerprint density at radius 2 is 1.57 bits per heavy atom. The molecule has 0 heterocycles. The molecule has 0 unspecified atom stereocenters. The molecule has 0 saturated heterocycles. The van der Waals surface area contributed by atoms with Gasteiger partial charge in [0.05, 0.1) is 19.8 Å². The number of hydrogen-bond donors (Lipinski definition) is 0. The molecule has 0 aliphatic rings. The molecule has 0 atom stereocenters. The molecule has 2 aromatic carbocycles. The summed E-state index contributed by atoms with van der Waals surface area (Å²) >= 11 is 0. The quantitative estimate of drug-likeness (QED) is 0.605. The van der Waals surface area contributed by atoms with E-state index in [1.165, 1.54) is 20.1 Å².